The van der Waals surface area contributed by atoms with Gasteiger partial charge in [-0.05, 0) is 19.3 Å². The first-order valence-corrected chi connectivity index (χ1v) is 6.65. The van der Waals surface area contributed by atoms with Gasteiger partial charge in [-0.1, -0.05) is 19.8 Å². The molecular weight excluding hydrogens is 214 g/mol. The van der Waals surface area contributed by atoms with Crippen molar-refractivity contribution in [3.8, 4) is 0 Å². The standard InChI is InChI=1S/C13H23N3O/c1-2-8-16-9-7-14-12(16)10-15-13(11-17)5-3-4-6-13/h7,9,15,17H,2-6,8,10-11H2,1H3. The van der Waals surface area contributed by atoms with E-state index in [2.05, 4.69) is 21.8 Å². The van der Waals surface area contributed by atoms with Crippen LogP contribution in [0.5, 0.6) is 0 Å². The van der Waals surface area contributed by atoms with Gasteiger partial charge in [0.15, 0.2) is 0 Å². The molecule has 1 saturated carbocycles. The van der Waals surface area contributed by atoms with Crippen molar-refractivity contribution < 1.29 is 5.11 Å². The molecular formula is C13H23N3O. The van der Waals surface area contributed by atoms with E-state index in [0.717, 1.165) is 38.2 Å². The van der Waals surface area contributed by atoms with Gasteiger partial charge in [0.25, 0.3) is 0 Å². The van der Waals surface area contributed by atoms with Crippen molar-refractivity contribution in [3.05, 3.63) is 18.2 Å². The first-order chi connectivity index (χ1) is 8.29. The highest BCUT2D eigenvalue weighted by molar-refractivity contribution is 4.97. The van der Waals surface area contributed by atoms with E-state index >= 15 is 0 Å². The molecule has 1 aliphatic rings. The first-order valence-electron chi connectivity index (χ1n) is 6.65. The number of aryl methyl sites for hydroxylation is 1. The van der Waals surface area contributed by atoms with Crippen molar-refractivity contribution in [2.75, 3.05) is 6.61 Å². The maximum atomic E-state index is 9.53. The van der Waals surface area contributed by atoms with Crippen LogP contribution in [0.4, 0.5) is 0 Å². The molecule has 0 saturated heterocycles. The van der Waals surface area contributed by atoms with Crippen LogP contribution in [0.2, 0.25) is 0 Å². The minimum Gasteiger partial charge on any atom is -0.394 e. The Hall–Kier alpha value is -0.870. The van der Waals surface area contributed by atoms with Crippen molar-refractivity contribution in [1.29, 1.82) is 0 Å². The van der Waals surface area contributed by atoms with E-state index in [1.165, 1.54) is 12.8 Å². The summed E-state index contributed by atoms with van der Waals surface area (Å²) in [5.74, 6) is 1.08. The van der Waals surface area contributed by atoms with E-state index < -0.39 is 0 Å². The summed E-state index contributed by atoms with van der Waals surface area (Å²) in [4.78, 5) is 4.38. The third-order valence-electron chi connectivity index (χ3n) is 3.75. The van der Waals surface area contributed by atoms with Gasteiger partial charge in [0, 0.05) is 24.5 Å². The molecule has 0 bridgehead atoms. The molecule has 1 fully saturated rings. The molecule has 1 heterocycles. The van der Waals surface area contributed by atoms with Gasteiger partial charge in [0.2, 0.25) is 0 Å². The molecule has 4 nitrogen and oxygen atoms in total. The Kier molecular flexibility index (Phi) is 4.18. The minimum absolute atomic E-state index is 0.0526. The molecule has 96 valence electrons. The Bertz CT molecular complexity index is 342. The Balaban J connectivity index is 1.94. The second kappa shape index (κ2) is 5.65. The highest BCUT2D eigenvalue weighted by Gasteiger charge is 2.32. The molecule has 0 unspecified atom stereocenters. The average molecular weight is 237 g/mol. The van der Waals surface area contributed by atoms with E-state index in [1.54, 1.807) is 0 Å². The zero-order valence-electron chi connectivity index (χ0n) is 10.7. The largest absolute Gasteiger partial charge is 0.394 e. The van der Waals surface area contributed by atoms with E-state index in [0.29, 0.717) is 0 Å². The van der Waals surface area contributed by atoms with Gasteiger partial charge in [0.1, 0.15) is 5.82 Å². The second-order valence-electron chi connectivity index (χ2n) is 5.04. The number of hydrogen-bond acceptors (Lipinski definition) is 3. The summed E-state index contributed by atoms with van der Waals surface area (Å²) < 4.78 is 2.19. The van der Waals surface area contributed by atoms with Crippen LogP contribution in [0.15, 0.2) is 12.4 Å². The van der Waals surface area contributed by atoms with E-state index in [9.17, 15) is 5.11 Å². The molecule has 2 rings (SSSR count). The molecule has 0 radical (unpaired) electrons. The number of nitrogens with one attached hydrogen (secondary N) is 1. The Labute approximate surface area is 103 Å². The zero-order chi connectivity index (χ0) is 12.1. The predicted molar refractivity (Wildman–Crippen MR) is 67.6 cm³/mol. The number of aliphatic hydroxyl groups is 1. The summed E-state index contributed by atoms with van der Waals surface area (Å²) in [6.45, 7) is 4.18. The molecule has 1 aromatic heterocycles. The topological polar surface area (TPSA) is 50.1 Å². The SMILES string of the molecule is CCCn1ccnc1CNC1(CO)CCCC1. The van der Waals surface area contributed by atoms with Crippen molar-refractivity contribution in [2.24, 2.45) is 0 Å². The van der Waals surface area contributed by atoms with Gasteiger partial charge in [-0.15, -0.1) is 0 Å². The monoisotopic (exact) mass is 237 g/mol. The predicted octanol–water partition coefficient (Wildman–Crippen LogP) is 1.69. The van der Waals surface area contributed by atoms with Gasteiger partial charge in [-0.3, -0.25) is 0 Å². The van der Waals surface area contributed by atoms with Gasteiger partial charge in [-0.25, -0.2) is 4.98 Å². The number of aromatic nitrogens is 2. The normalized spacial score (nSPS) is 18.7. The van der Waals surface area contributed by atoms with Crippen molar-refractivity contribution in [3.63, 3.8) is 0 Å². The summed E-state index contributed by atoms with van der Waals surface area (Å²) in [6.07, 6.45) is 9.60. The van der Waals surface area contributed by atoms with Crippen LogP contribution < -0.4 is 5.32 Å². The maximum Gasteiger partial charge on any atom is 0.122 e. The van der Waals surface area contributed by atoms with Crippen molar-refractivity contribution in [2.45, 2.75) is 57.7 Å². The molecule has 0 atom stereocenters. The zero-order valence-corrected chi connectivity index (χ0v) is 10.7. The highest BCUT2D eigenvalue weighted by Crippen LogP contribution is 2.29. The van der Waals surface area contributed by atoms with Crippen LogP contribution in [0.25, 0.3) is 0 Å². The fraction of sp³-hybridized carbons (Fsp3) is 0.769. The van der Waals surface area contributed by atoms with Crippen LogP contribution >= 0.6 is 0 Å². The van der Waals surface area contributed by atoms with Crippen molar-refractivity contribution >= 4 is 0 Å². The van der Waals surface area contributed by atoms with Crippen LogP contribution in [0.3, 0.4) is 0 Å². The average Bonchev–Trinajstić information content (AvgIpc) is 2.97. The molecule has 0 aliphatic heterocycles. The van der Waals surface area contributed by atoms with E-state index in [4.69, 9.17) is 0 Å². The molecule has 1 aromatic rings. The third-order valence-corrected chi connectivity index (χ3v) is 3.75. The number of hydrogen-bond donors (Lipinski definition) is 2. The van der Waals surface area contributed by atoms with Crippen molar-refractivity contribution in [1.82, 2.24) is 14.9 Å². The van der Waals surface area contributed by atoms with E-state index in [-0.39, 0.29) is 12.1 Å². The number of rotatable bonds is 6. The summed E-state index contributed by atoms with van der Waals surface area (Å²) in [5, 5.41) is 13.0. The third kappa shape index (κ3) is 2.87. The van der Waals surface area contributed by atoms with Crippen LogP contribution in [0, 0.1) is 0 Å². The quantitative estimate of drug-likeness (QED) is 0.791. The molecule has 4 heteroatoms. The van der Waals surface area contributed by atoms with Gasteiger partial charge in [-0.2, -0.15) is 0 Å². The lowest BCUT2D eigenvalue weighted by Gasteiger charge is -2.28. The molecule has 1 aliphatic carbocycles. The molecule has 0 amide bonds. The molecule has 17 heavy (non-hydrogen) atoms. The lowest BCUT2D eigenvalue weighted by molar-refractivity contribution is 0.161. The summed E-state index contributed by atoms with van der Waals surface area (Å²) in [7, 11) is 0. The number of aliphatic hydroxyl groups excluding tert-OH is 1. The number of imidazole rings is 1. The Morgan fingerprint density at radius 3 is 2.88 bits per heavy atom. The minimum atomic E-state index is -0.0526. The van der Waals surface area contributed by atoms with Gasteiger partial charge < -0.3 is 15.0 Å². The fourth-order valence-electron chi connectivity index (χ4n) is 2.66. The Morgan fingerprint density at radius 2 is 2.24 bits per heavy atom. The second-order valence-corrected chi connectivity index (χ2v) is 5.04. The molecule has 0 aromatic carbocycles. The Morgan fingerprint density at radius 1 is 1.47 bits per heavy atom. The van der Waals surface area contributed by atoms with Gasteiger partial charge >= 0.3 is 0 Å². The smallest absolute Gasteiger partial charge is 0.122 e. The summed E-state index contributed by atoms with van der Waals surface area (Å²) in [6, 6.07) is 0. The van der Waals surface area contributed by atoms with Crippen LogP contribution in [-0.2, 0) is 13.1 Å². The van der Waals surface area contributed by atoms with E-state index in [1.807, 2.05) is 12.4 Å². The highest BCUT2D eigenvalue weighted by atomic mass is 16.3. The number of nitrogens with zero attached hydrogens (tertiary/aromatic N) is 2. The summed E-state index contributed by atoms with van der Waals surface area (Å²) >= 11 is 0. The fourth-order valence-corrected chi connectivity index (χ4v) is 2.66. The lowest BCUT2D eigenvalue weighted by atomic mass is 9.99. The maximum absolute atomic E-state index is 9.53. The first kappa shape index (κ1) is 12.6. The lowest BCUT2D eigenvalue weighted by Crippen LogP contribution is -2.45. The van der Waals surface area contributed by atoms with Crippen LogP contribution in [-0.4, -0.2) is 26.8 Å². The summed E-state index contributed by atoms with van der Waals surface area (Å²) in [5.41, 5.74) is -0.0526. The molecule has 0 spiro atoms. The van der Waals surface area contributed by atoms with Gasteiger partial charge in [0.05, 0.1) is 13.2 Å². The molecule has 2 N–H and O–H groups in total. The van der Waals surface area contributed by atoms with Crippen LogP contribution in [0.1, 0.15) is 44.9 Å².